The maximum Gasteiger partial charge on any atom is 0.311 e. The summed E-state index contributed by atoms with van der Waals surface area (Å²) in [4.78, 5) is 29.3. The van der Waals surface area contributed by atoms with Crippen molar-refractivity contribution in [2.75, 3.05) is 29.5 Å². The van der Waals surface area contributed by atoms with E-state index in [0.717, 1.165) is 0 Å². The fourth-order valence-electron chi connectivity index (χ4n) is 2.68. The number of aromatic nitrogens is 2. The number of hydrogen-bond donors (Lipinski definition) is 3. The Hall–Kier alpha value is -3.70. The van der Waals surface area contributed by atoms with Gasteiger partial charge in [0, 0.05) is 35.8 Å². The van der Waals surface area contributed by atoms with E-state index in [2.05, 4.69) is 20.6 Å². The largest absolute Gasteiger partial charge is 0.378 e. The van der Waals surface area contributed by atoms with Crippen molar-refractivity contribution in [2.24, 2.45) is 0 Å². The topological polar surface area (TPSA) is 162 Å². The van der Waals surface area contributed by atoms with E-state index in [4.69, 9.17) is 28.9 Å². The highest BCUT2D eigenvalue weighted by atomic mass is 35.5. The van der Waals surface area contributed by atoms with E-state index in [1.54, 1.807) is 12.1 Å². The van der Waals surface area contributed by atoms with Crippen LogP contribution in [0.5, 0.6) is 0 Å². The molecule has 0 radical (unpaired) electrons. The first-order valence-corrected chi connectivity index (χ1v) is 9.51. The number of anilines is 3. The molecule has 0 bridgehead atoms. The third kappa shape index (κ3) is 5.27. The van der Waals surface area contributed by atoms with E-state index in [0.29, 0.717) is 35.3 Å². The van der Waals surface area contributed by atoms with Crippen molar-refractivity contribution < 1.29 is 9.85 Å². The van der Waals surface area contributed by atoms with Crippen LogP contribution in [-0.4, -0.2) is 32.9 Å². The summed E-state index contributed by atoms with van der Waals surface area (Å²) in [5.74, 6) is 0.573. The predicted octanol–water partition coefficient (Wildman–Crippen LogP) is 4.37. The van der Waals surface area contributed by atoms with Gasteiger partial charge in [0.25, 0.3) is 5.69 Å². The molecule has 0 fully saturated rings. The number of nitrogens with zero attached hydrogens (tertiary/aromatic N) is 4. The lowest BCUT2D eigenvalue weighted by molar-refractivity contribution is -0.384. The molecule has 1 aromatic carbocycles. The number of benzene rings is 1. The number of nitrogens with one attached hydrogen (secondary N) is 2. The smallest absolute Gasteiger partial charge is 0.311 e. The zero-order chi connectivity index (χ0) is 22.5. The van der Waals surface area contributed by atoms with Crippen LogP contribution in [0.4, 0.5) is 28.8 Å². The van der Waals surface area contributed by atoms with Gasteiger partial charge in [-0.05, 0) is 30.3 Å². The molecule has 0 saturated heterocycles. The van der Waals surface area contributed by atoms with E-state index in [1.165, 1.54) is 30.3 Å². The van der Waals surface area contributed by atoms with Crippen LogP contribution in [0, 0.1) is 20.2 Å². The van der Waals surface area contributed by atoms with Crippen LogP contribution in [0.2, 0.25) is 10.0 Å². The molecule has 160 valence electrons. The van der Waals surface area contributed by atoms with Gasteiger partial charge in [-0.2, -0.15) is 0 Å². The number of nitrogens with two attached hydrogens (primary N) is 1. The zero-order valence-corrected chi connectivity index (χ0v) is 17.2. The molecule has 13 heteroatoms. The van der Waals surface area contributed by atoms with Crippen LogP contribution >= 0.6 is 23.2 Å². The van der Waals surface area contributed by atoms with Gasteiger partial charge in [-0.3, -0.25) is 20.2 Å². The SMILES string of the molecule is Nc1nc(NCCNc2ccc([N+](=O)[O-])c(-c3ccc(Cl)cc3Cl)n2)ccc1[N+](=O)[O-]. The van der Waals surface area contributed by atoms with Crippen LogP contribution in [0.25, 0.3) is 11.3 Å². The van der Waals surface area contributed by atoms with Crippen LogP contribution in [0.15, 0.2) is 42.5 Å². The van der Waals surface area contributed by atoms with Gasteiger partial charge in [-0.25, -0.2) is 9.97 Å². The lowest BCUT2D eigenvalue weighted by Crippen LogP contribution is -2.15. The molecule has 0 aliphatic rings. The molecule has 0 aliphatic heterocycles. The Kier molecular flexibility index (Phi) is 6.68. The van der Waals surface area contributed by atoms with Gasteiger partial charge >= 0.3 is 5.69 Å². The third-order valence-corrected chi connectivity index (χ3v) is 4.64. The average molecular weight is 464 g/mol. The lowest BCUT2D eigenvalue weighted by atomic mass is 10.1. The number of nitro groups is 2. The summed E-state index contributed by atoms with van der Waals surface area (Å²) >= 11 is 12.1. The Balaban J connectivity index is 1.70. The minimum atomic E-state index is -0.613. The molecule has 2 aromatic heterocycles. The van der Waals surface area contributed by atoms with Gasteiger partial charge in [-0.1, -0.05) is 23.2 Å². The third-order valence-electron chi connectivity index (χ3n) is 4.09. The molecular weight excluding hydrogens is 449 g/mol. The maximum atomic E-state index is 11.4. The molecule has 4 N–H and O–H groups in total. The number of halogens is 2. The summed E-state index contributed by atoms with van der Waals surface area (Å²) in [7, 11) is 0. The first-order chi connectivity index (χ1) is 14.8. The summed E-state index contributed by atoms with van der Waals surface area (Å²) in [6.07, 6.45) is 0. The fraction of sp³-hybridized carbons (Fsp3) is 0.111. The standard InChI is InChI=1S/C18H15Cl2N7O4/c19-10-1-2-11(12(20)9-10)17-13(26(28)29)3-5-15(24-17)22-7-8-23-16-6-4-14(27(30)31)18(21)25-16/h1-6,9H,7-8H2,(H,22,24)(H3,21,23,25). The Morgan fingerprint density at radius 2 is 1.45 bits per heavy atom. The van der Waals surface area contributed by atoms with Crippen molar-refractivity contribution >= 4 is 52.0 Å². The van der Waals surface area contributed by atoms with Gasteiger partial charge in [0.2, 0.25) is 5.82 Å². The molecule has 0 unspecified atom stereocenters. The Bertz CT molecular complexity index is 1160. The quantitative estimate of drug-likeness (QED) is 0.250. The van der Waals surface area contributed by atoms with Crippen molar-refractivity contribution in [3.63, 3.8) is 0 Å². The van der Waals surface area contributed by atoms with Gasteiger partial charge in [0.1, 0.15) is 11.6 Å². The molecule has 0 amide bonds. The first kappa shape index (κ1) is 22.0. The number of hydrogen-bond acceptors (Lipinski definition) is 9. The van der Waals surface area contributed by atoms with Crippen molar-refractivity contribution in [3.8, 4) is 11.3 Å². The predicted molar refractivity (Wildman–Crippen MR) is 119 cm³/mol. The highest BCUT2D eigenvalue weighted by Crippen LogP contribution is 2.35. The normalized spacial score (nSPS) is 10.5. The second-order valence-electron chi connectivity index (χ2n) is 6.16. The molecule has 0 atom stereocenters. The van der Waals surface area contributed by atoms with Gasteiger partial charge in [0.15, 0.2) is 5.69 Å². The molecule has 0 saturated carbocycles. The highest BCUT2D eigenvalue weighted by molar-refractivity contribution is 6.36. The molecule has 0 spiro atoms. The molecule has 0 aliphatic carbocycles. The Labute approximate surface area is 185 Å². The molecule has 31 heavy (non-hydrogen) atoms. The van der Waals surface area contributed by atoms with Gasteiger partial charge in [0.05, 0.1) is 14.9 Å². The highest BCUT2D eigenvalue weighted by Gasteiger charge is 2.20. The molecule has 2 heterocycles. The van der Waals surface area contributed by atoms with Crippen LogP contribution in [0.3, 0.4) is 0 Å². The maximum absolute atomic E-state index is 11.4. The zero-order valence-electron chi connectivity index (χ0n) is 15.7. The first-order valence-electron chi connectivity index (χ1n) is 8.76. The summed E-state index contributed by atoms with van der Waals surface area (Å²) in [5.41, 5.74) is 5.58. The minimum Gasteiger partial charge on any atom is -0.378 e. The molecule has 3 rings (SSSR count). The molecule has 3 aromatic rings. The lowest BCUT2D eigenvalue weighted by Gasteiger charge is -2.11. The molecular formula is C18H15Cl2N7O4. The van der Waals surface area contributed by atoms with Crippen LogP contribution in [0.1, 0.15) is 0 Å². The second-order valence-corrected chi connectivity index (χ2v) is 7.00. The van der Waals surface area contributed by atoms with E-state index >= 15 is 0 Å². The number of pyridine rings is 2. The van der Waals surface area contributed by atoms with Crippen LogP contribution < -0.4 is 16.4 Å². The van der Waals surface area contributed by atoms with E-state index < -0.39 is 9.85 Å². The van der Waals surface area contributed by atoms with Gasteiger partial charge in [-0.15, -0.1) is 0 Å². The van der Waals surface area contributed by atoms with Crippen LogP contribution in [-0.2, 0) is 0 Å². The Morgan fingerprint density at radius 1 is 0.871 bits per heavy atom. The minimum absolute atomic E-state index is 0.106. The Morgan fingerprint density at radius 3 is 2.00 bits per heavy atom. The summed E-state index contributed by atoms with van der Waals surface area (Å²) in [6, 6.07) is 10.1. The van der Waals surface area contributed by atoms with Gasteiger partial charge < -0.3 is 16.4 Å². The van der Waals surface area contributed by atoms with E-state index in [9.17, 15) is 20.2 Å². The summed E-state index contributed by atoms with van der Waals surface area (Å²) in [5, 5.41) is 28.8. The van der Waals surface area contributed by atoms with Crippen molar-refractivity contribution in [1.29, 1.82) is 0 Å². The van der Waals surface area contributed by atoms with Crippen molar-refractivity contribution in [2.45, 2.75) is 0 Å². The van der Waals surface area contributed by atoms with Crippen molar-refractivity contribution in [1.82, 2.24) is 9.97 Å². The number of nitrogen functional groups attached to an aromatic ring is 1. The monoisotopic (exact) mass is 463 g/mol. The van der Waals surface area contributed by atoms with E-state index in [1.807, 2.05) is 0 Å². The summed E-state index contributed by atoms with van der Waals surface area (Å²) in [6.45, 7) is 0.747. The average Bonchev–Trinajstić information content (AvgIpc) is 2.71. The fourth-order valence-corrected chi connectivity index (χ4v) is 3.18. The van der Waals surface area contributed by atoms with Crippen molar-refractivity contribution in [3.05, 3.63) is 72.7 Å². The van der Waals surface area contributed by atoms with E-state index in [-0.39, 0.29) is 27.9 Å². The summed E-state index contributed by atoms with van der Waals surface area (Å²) < 4.78 is 0. The number of rotatable bonds is 8. The molecule has 11 nitrogen and oxygen atoms in total. The second kappa shape index (κ2) is 9.41.